The van der Waals surface area contributed by atoms with Crippen molar-refractivity contribution in [1.29, 1.82) is 0 Å². The molecule has 0 spiro atoms. The third-order valence-electron chi connectivity index (χ3n) is 3.57. The highest BCUT2D eigenvalue weighted by Gasteiger charge is 2.16. The van der Waals surface area contributed by atoms with Gasteiger partial charge in [-0.25, -0.2) is 0 Å². The summed E-state index contributed by atoms with van der Waals surface area (Å²) in [5, 5.41) is 17.3. The molecule has 4 aromatic rings. The van der Waals surface area contributed by atoms with Crippen LogP contribution in [0.25, 0.3) is 26.9 Å². The van der Waals surface area contributed by atoms with Crippen molar-refractivity contribution in [2.24, 2.45) is 0 Å². The van der Waals surface area contributed by atoms with Gasteiger partial charge in [-0.1, -0.05) is 23.5 Å². The molecular weight excluding hydrogens is 308 g/mol. The highest BCUT2D eigenvalue weighted by atomic mass is 32.1. The average Bonchev–Trinajstić information content (AvgIpc) is 3.15. The van der Waals surface area contributed by atoms with E-state index in [1.807, 2.05) is 50.4 Å². The summed E-state index contributed by atoms with van der Waals surface area (Å²) >= 11 is 1.52. The lowest BCUT2D eigenvalue weighted by atomic mass is 10.1. The number of rotatable bonds is 3. The SMILES string of the molecule is CNc1ccccc1-c1nnc2sc(-c3ccnc(C)c3)nn12. The van der Waals surface area contributed by atoms with Gasteiger partial charge in [0.15, 0.2) is 5.82 Å². The molecule has 1 N–H and O–H groups in total. The third-order valence-corrected chi connectivity index (χ3v) is 4.52. The summed E-state index contributed by atoms with van der Waals surface area (Å²) in [5.74, 6) is 0.734. The Balaban J connectivity index is 1.87. The van der Waals surface area contributed by atoms with Crippen LogP contribution >= 0.6 is 11.3 Å². The second-order valence-corrected chi connectivity index (χ2v) is 6.06. The van der Waals surface area contributed by atoms with Crippen LogP contribution in [0.3, 0.4) is 0 Å². The standard InChI is InChI=1S/C16H14N6S/c1-10-9-11(7-8-18-10)15-21-22-14(19-20-16(22)23-15)12-5-3-4-6-13(12)17-2/h3-9,17H,1-2H3. The predicted molar refractivity (Wildman–Crippen MR) is 91.6 cm³/mol. The van der Waals surface area contributed by atoms with Gasteiger partial charge in [-0.15, -0.1) is 10.2 Å². The summed E-state index contributed by atoms with van der Waals surface area (Å²) in [5.41, 5.74) is 3.98. The van der Waals surface area contributed by atoms with Crippen LogP contribution in [0, 0.1) is 6.92 Å². The fourth-order valence-electron chi connectivity index (χ4n) is 2.48. The van der Waals surface area contributed by atoms with Crippen LogP contribution in [0.4, 0.5) is 5.69 Å². The summed E-state index contributed by atoms with van der Waals surface area (Å²) in [4.78, 5) is 5.00. The maximum absolute atomic E-state index is 4.69. The molecule has 0 aliphatic heterocycles. The highest BCUT2D eigenvalue weighted by molar-refractivity contribution is 7.19. The summed E-state index contributed by atoms with van der Waals surface area (Å²) in [6.45, 7) is 1.97. The Labute approximate surface area is 136 Å². The van der Waals surface area contributed by atoms with Gasteiger partial charge in [0.05, 0.1) is 0 Å². The fourth-order valence-corrected chi connectivity index (χ4v) is 3.31. The zero-order valence-corrected chi connectivity index (χ0v) is 13.5. The Hall–Kier alpha value is -2.80. The summed E-state index contributed by atoms with van der Waals surface area (Å²) in [6, 6.07) is 12.0. The number of aromatic nitrogens is 5. The molecule has 1 aromatic carbocycles. The van der Waals surface area contributed by atoms with Crippen molar-refractivity contribution in [3.63, 3.8) is 0 Å². The van der Waals surface area contributed by atoms with Gasteiger partial charge in [0, 0.05) is 35.8 Å². The maximum Gasteiger partial charge on any atom is 0.235 e. The molecular formula is C16H14N6S. The number of para-hydroxylation sites is 1. The monoisotopic (exact) mass is 322 g/mol. The zero-order valence-electron chi connectivity index (χ0n) is 12.7. The molecule has 4 rings (SSSR count). The molecule has 0 atom stereocenters. The topological polar surface area (TPSA) is 68.0 Å². The first kappa shape index (κ1) is 13.8. The number of hydrogen-bond acceptors (Lipinski definition) is 6. The van der Waals surface area contributed by atoms with Gasteiger partial charge in [-0.3, -0.25) is 4.98 Å². The number of nitrogens with zero attached hydrogens (tertiary/aromatic N) is 5. The molecule has 0 aliphatic rings. The summed E-state index contributed by atoms with van der Waals surface area (Å²) in [7, 11) is 1.89. The number of nitrogens with one attached hydrogen (secondary N) is 1. The molecule has 0 fully saturated rings. The molecule has 0 bridgehead atoms. The molecule has 0 saturated heterocycles. The third kappa shape index (κ3) is 2.35. The van der Waals surface area contributed by atoms with Crippen LogP contribution in [0.2, 0.25) is 0 Å². The quantitative estimate of drug-likeness (QED) is 0.627. The number of fused-ring (bicyclic) bond motifs is 1. The van der Waals surface area contributed by atoms with Crippen molar-refractivity contribution < 1.29 is 0 Å². The second kappa shape index (κ2) is 5.44. The molecule has 23 heavy (non-hydrogen) atoms. The second-order valence-electron chi connectivity index (χ2n) is 5.11. The Morgan fingerprint density at radius 1 is 1.13 bits per heavy atom. The van der Waals surface area contributed by atoms with Gasteiger partial charge < -0.3 is 5.32 Å². The average molecular weight is 322 g/mol. The van der Waals surface area contributed by atoms with Crippen molar-refractivity contribution in [2.75, 3.05) is 12.4 Å². The van der Waals surface area contributed by atoms with Crippen molar-refractivity contribution in [3.05, 3.63) is 48.3 Å². The van der Waals surface area contributed by atoms with E-state index < -0.39 is 0 Å². The largest absolute Gasteiger partial charge is 0.388 e. The van der Waals surface area contributed by atoms with Crippen LogP contribution in [-0.4, -0.2) is 31.8 Å². The van der Waals surface area contributed by atoms with E-state index in [-0.39, 0.29) is 0 Å². The van der Waals surface area contributed by atoms with Crippen molar-refractivity contribution in [2.45, 2.75) is 6.92 Å². The molecule has 3 heterocycles. The number of anilines is 1. The van der Waals surface area contributed by atoms with Crippen molar-refractivity contribution >= 4 is 22.0 Å². The fraction of sp³-hybridized carbons (Fsp3) is 0.125. The van der Waals surface area contributed by atoms with E-state index in [1.54, 1.807) is 10.7 Å². The first-order valence-corrected chi connectivity index (χ1v) is 8.00. The number of aryl methyl sites for hydroxylation is 1. The summed E-state index contributed by atoms with van der Waals surface area (Å²) < 4.78 is 1.80. The molecule has 3 aromatic heterocycles. The van der Waals surface area contributed by atoms with E-state index in [2.05, 4.69) is 20.5 Å². The van der Waals surface area contributed by atoms with E-state index in [0.717, 1.165) is 38.3 Å². The van der Waals surface area contributed by atoms with Crippen molar-refractivity contribution in [3.8, 4) is 22.0 Å². The molecule has 0 amide bonds. The van der Waals surface area contributed by atoms with Crippen LogP contribution < -0.4 is 5.32 Å². The lowest BCUT2D eigenvalue weighted by Gasteiger charge is -2.05. The molecule has 0 aliphatic carbocycles. The Bertz CT molecular complexity index is 987. The zero-order chi connectivity index (χ0) is 15.8. The molecule has 6 nitrogen and oxygen atoms in total. The van der Waals surface area contributed by atoms with Gasteiger partial charge in [0.2, 0.25) is 4.96 Å². The van der Waals surface area contributed by atoms with Gasteiger partial charge >= 0.3 is 0 Å². The van der Waals surface area contributed by atoms with Crippen LogP contribution in [-0.2, 0) is 0 Å². The summed E-state index contributed by atoms with van der Waals surface area (Å²) in [6.07, 6.45) is 1.80. The number of benzene rings is 1. The van der Waals surface area contributed by atoms with Gasteiger partial charge in [0.25, 0.3) is 0 Å². The van der Waals surface area contributed by atoms with Crippen LogP contribution in [0.5, 0.6) is 0 Å². The van der Waals surface area contributed by atoms with Gasteiger partial charge in [-0.05, 0) is 31.2 Å². The van der Waals surface area contributed by atoms with E-state index >= 15 is 0 Å². The maximum atomic E-state index is 4.69. The first-order valence-electron chi connectivity index (χ1n) is 7.18. The minimum atomic E-state index is 0.734. The Kier molecular flexibility index (Phi) is 3.27. The van der Waals surface area contributed by atoms with Crippen molar-refractivity contribution in [1.82, 2.24) is 24.8 Å². The van der Waals surface area contributed by atoms with E-state index in [9.17, 15) is 0 Å². The molecule has 0 saturated carbocycles. The van der Waals surface area contributed by atoms with Gasteiger partial charge in [-0.2, -0.15) is 9.61 Å². The normalized spacial score (nSPS) is 11.0. The van der Waals surface area contributed by atoms with Gasteiger partial charge in [0.1, 0.15) is 5.01 Å². The Morgan fingerprint density at radius 3 is 2.83 bits per heavy atom. The molecule has 114 valence electrons. The van der Waals surface area contributed by atoms with E-state index in [4.69, 9.17) is 5.10 Å². The highest BCUT2D eigenvalue weighted by Crippen LogP contribution is 2.30. The molecule has 7 heteroatoms. The number of hydrogen-bond donors (Lipinski definition) is 1. The van der Waals surface area contributed by atoms with Crippen LogP contribution in [0.15, 0.2) is 42.6 Å². The molecule has 0 unspecified atom stereocenters. The predicted octanol–water partition coefficient (Wildman–Crippen LogP) is 3.26. The van der Waals surface area contributed by atoms with Crippen LogP contribution in [0.1, 0.15) is 5.69 Å². The molecule has 0 radical (unpaired) electrons. The smallest absolute Gasteiger partial charge is 0.235 e. The minimum Gasteiger partial charge on any atom is -0.388 e. The Morgan fingerprint density at radius 2 is 2.00 bits per heavy atom. The number of pyridine rings is 1. The lowest BCUT2D eigenvalue weighted by molar-refractivity contribution is 0.970. The minimum absolute atomic E-state index is 0.734. The van der Waals surface area contributed by atoms with E-state index in [1.165, 1.54) is 11.3 Å². The van der Waals surface area contributed by atoms with E-state index in [0.29, 0.717) is 0 Å². The first-order chi connectivity index (χ1) is 11.3. The lowest BCUT2D eigenvalue weighted by Crippen LogP contribution is -1.96.